The summed E-state index contributed by atoms with van der Waals surface area (Å²) < 4.78 is 0. The van der Waals surface area contributed by atoms with Gasteiger partial charge in [0.05, 0.1) is 6.54 Å². The fraction of sp³-hybridized carbons (Fsp3) is 0.273. The summed E-state index contributed by atoms with van der Waals surface area (Å²) in [6, 6.07) is 5.97. The van der Waals surface area contributed by atoms with E-state index in [1.165, 1.54) is 0 Å². The topological polar surface area (TPSA) is 86.6 Å². The van der Waals surface area contributed by atoms with Gasteiger partial charge in [0.1, 0.15) is 6.04 Å². The van der Waals surface area contributed by atoms with E-state index >= 15 is 0 Å². The third-order valence-corrected chi connectivity index (χ3v) is 2.90. The van der Waals surface area contributed by atoms with Crippen molar-refractivity contribution in [1.29, 1.82) is 0 Å². The van der Waals surface area contributed by atoms with Crippen molar-refractivity contribution in [2.75, 3.05) is 12.8 Å². The highest BCUT2D eigenvalue weighted by molar-refractivity contribution is 7.98. The number of carboxylic acid groups (broad SMARTS) is 2. The number of hydrogen-bond donors (Lipinski definition) is 3. The van der Waals surface area contributed by atoms with Gasteiger partial charge in [0.2, 0.25) is 0 Å². The predicted octanol–water partition coefficient (Wildman–Crippen LogP) is 1.21. The van der Waals surface area contributed by atoms with Crippen molar-refractivity contribution in [3.63, 3.8) is 0 Å². The summed E-state index contributed by atoms with van der Waals surface area (Å²) in [6.45, 7) is -0.388. The van der Waals surface area contributed by atoms with E-state index < -0.39 is 18.0 Å². The first kappa shape index (κ1) is 13.5. The van der Waals surface area contributed by atoms with E-state index in [2.05, 4.69) is 5.32 Å². The van der Waals surface area contributed by atoms with Crippen molar-refractivity contribution in [1.82, 2.24) is 5.32 Å². The molecule has 0 aliphatic carbocycles. The standard InChI is InChI=1S/C11H13NO4S/c1-17-8-4-2-7(3-5-8)10(11(15)16)12-6-9(13)14/h2-5,10,12H,6H2,1H3,(H,13,14)(H,15,16). The van der Waals surface area contributed by atoms with Gasteiger partial charge in [-0.2, -0.15) is 0 Å². The molecule has 1 rings (SSSR count). The molecule has 0 aromatic heterocycles. The third kappa shape index (κ3) is 4.08. The summed E-state index contributed by atoms with van der Waals surface area (Å²) in [7, 11) is 0. The van der Waals surface area contributed by atoms with Gasteiger partial charge in [-0.25, -0.2) is 0 Å². The minimum atomic E-state index is -1.09. The van der Waals surface area contributed by atoms with E-state index in [4.69, 9.17) is 10.2 Å². The average molecular weight is 255 g/mol. The molecule has 92 valence electrons. The summed E-state index contributed by atoms with van der Waals surface area (Å²) >= 11 is 1.55. The van der Waals surface area contributed by atoms with E-state index in [1.54, 1.807) is 36.0 Å². The Morgan fingerprint density at radius 3 is 2.29 bits per heavy atom. The van der Waals surface area contributed by atoms with Crippen molar-refractivity contribution >= 4 is 23.7 Å². The zero-order chi connectivity index (χ0) is 12.8. The van der Waals surface area contributed by atoms with E-state index in [1.807, 2.05) is 6.26 Å². The highest BCUT2D eigenvalue weighted by atomic mass is 32.2. The molecule has 5 nitrogen and oxygen atoms in total. The molecule has 0 fully saturated rings. The maximum absolute atomic E-state index is 11.0. The van der Waals surface area contributed by atoms with Crippen LogP contribution in [0.5, 0.6) is 0 Å². The van der Waals surface area contributed by atoms with Crippen molar-refractivity contribution < 1.29 is 19.8 Å². The lowest BCUT2D eigenvalue weighted by atomic mass is 10.1. The molecule has 0 aliphatic rings. The van der Waals surface area contributed by atoms with Gasteiger partial charge in [-0.3, -0.25) is 14.9 Å². The first-order chi connectivity index (χ1) is 8.04. The molecule has 17 heavy (non-hydrogen) atoms. The van der Waals surface area contributed by atoms with E-state index in [-0.39, 0.29) is 6.54 Å². The summed E-state index contributed by atoms with van der Waals surface area (Å²) in [5, 5.41) is 20.0. The quantitative estimate of drug-likeness (QED) is 0.662. The zero-order valence-electron chi connectivity index (χ0n) is 9.21. The highest BCUT2D eigenvalue weighted by Gasteiger charge is 2.19. The minimum absolute atomic E-state index is 0.388. The van der Waals surface area contributed by atoms with Gasteiger partial charge in [0, 0.05) is 4.90 Å². The summed E-state index contributed by atoms with van der Waals surface area (Å²) in [5.41, 5.74) is 0.538. The van der Waals surface area contributed by atoms with Crippen molar-refractivity contribution in [2.24, 2.45) is 0 Å². The van der Waals surface area contributed by atoms with E-state index in [0.29, 0.717) is 5.56 Å². The van der Waals surface area contributed by atoms with Gasteiger partial charge in [0.25, 0.3) is 0 Å². The Kier molecular flexibility index (Phi) is 4.99. The lowest BCUT2D eigenvalue weighted by Crippen LogP contribution is -2.32. The van der Waals surface area contributed by atoms with Crippen LogP contribution in [0.15, 0.2) is 29.2 Å². The Hall–Kier alpha value is -1.53. The number of carboxylic acids is 2. The molecule has 1 atom stereocenters. The fourth-order valence-electron chi connectivity index (χ4n) is 1.33. The van der Waals surface area contributed by atoms with Crippen LogP contribution in [0.4, 0.5) is 0 Å². The van der Waals surface area contributed by atoms with Gasteiger partial charge in [-0.1, -0.05) is 12.1 Å². The lowest BCUT2D eigenvalue weighted by Gasteiger charge is -2.13. The molecule has 0 heterocycles. The second kappa shape index (κ2) is 6.27. The number of thioether (sulfide) groups is 1. The molecule has 3 N–H and O–H groups in total. The van der Waals surface area contributed by atoms with Crippen LogP contribution >= 0.6 is 11.8 Å². The van der Waals surface area contributed by atoms with Crippen molar-refractivity contribution in [3.8, 4) is 0 Å². The Bertz CT molecular complexity index is 404. The average Bonchev–Trinajstić information content (AvgIpc) is 2.29. The summed E-state index contributed by atoms with van der Waals surface area (Å²) in [6.07, 6.45) is 1.92. The molecule has 1 aromatic carbocycles. The molecule has 1 aromatic rings. The first-order valence-electron chi connectivity index (χ1n) is 4.86. The highest BCUT2D eigenvalue weighted by Crippen LogP contribution is 2.19. The molecule has 0 saturated heterocycles. The number of aliphatic carboxylic acids is 2. The maximum atomic E-state index is 11.0. The smallest absolute Gasteiger partial charge is 0.325 e. The Morgan fingerprint density at radius 1 is 1.29 bits per heavy atom. The van der Waals surface area contributed by atoms with Crippen LogP contribution in [0.3, 0.4) is 0 Å². The third-order valence-electron chi connectivity index (χ3n) is 2.15. The molecular weight excluding hydrogens is 242 g/mol. The van der Waals surface area contributed by atoms with Crippen molar-refractivity contribution in [2.45, 2.75) is 10.9 Å². The molecule has 0 radical (unpaired) electrons. The van der Waals surface area contributed by atoms with Crippen LogP contribution in [0, 0.1) is 0 Å². The summed E-state index contributed by atoms with van der Waals surface area (Å²) in [5.74, 6) is -2.18. The number of hydrogen-bond acceptors (Lipinski definition) is 4. The fourth-order valence-corrected chi connectivity index (χ4v) is 1.74. The van der Waals surface area contributed by atoms with Gasteiger partial charge in [-0.05, 0) is 24.0 Å². The van der Waals surface area contributed by atoms with Gasteiger partial charge in [0.15, 0.2) is 0 Å². The monoisotopic (exact) mass is 255 g/mol. The maximum Gasteiger partial charge on any atom is 0.325 e. The largest absolute Gasteiger partial charge is 0.480 e. The number of benzene rings is 1. The van der Waals surface area contributed by atoms with Gasteiger partial charge < -0.3 is 10.2 Å². The molecule has 0 spiro atoms. The number of rotatable bonds is 6. The summed E-state index contributed by atoms with van der Waals surface area (Å²) in [4.78, 5) is 22.4. The molecule has 0 aliphatic heterocycles. The normalized spacial score (nSPS) is 12.1. The van der Waals surface area contributed by atoms with Crippen molar-refractivity contribution in [3.05, 3.63) is 29.8 Å². The second-order valence-corrected chi connectivity index (χ2v) is 4.20. The number of carbonyl (C=O) groups is 2. The SMILES string of the molecule is CSc1ccc(C(NCC(=O)O)C(=O)O)cc1. The van der Waals surface area contributed by atoms with Crippen LogP contribution in [-0.4, -0.2) is 35.0 Å². The lowest BCUT2D eigenvalue weighted by molar-refractivity contribution is -0.140. The first-order valence-corrected chi connectivity index (χ1v) is 6.09. The second-order valence-electron chi connectivity index (χ2n) is 3.32. The Balaban J connectivity index is 2.81. The van der Waals surface area contributed by atoms with Crippen LogP contribution in [-0.2, 0) is 9.59 Å². The Labute approximate surface area is 103 Å². The Morgan fingerprint density at radius 2 is 1.88 bits per heavy atom. The molecule has 0 bridgehead atoms. The molecule has 0 amide bonds. The molecule has 0 saturated carbocycles. The predicted molar refractivity (Wildman–Crippen MR) is 64.2 cm³/mol. The zero-order valence-corrected chi connectivity index (χ0v) is 10.0. The van der Waals surface area contributed by atoms with Gasteiger partial charge >= 0.3 is 11.9 Å². The molecule has 6 heteroatoms. The molecule has 1 unspecified atom stereocenters. The van der Waals surface area contributed by atoms with Crippen LogP contribution in [0.25, 0.3) is 0 Å². The minimum Gasteiger partial charge on any atom is -0.480 e. The van der Waals surface area contributed by atoms with Crippen LogP contribution in [0.1, 0.15) is 11.6 Å². The molecular formula is C11H13NO4S. The van der Waals surface area contributed by atoms with E-state index in [0.717, 1.165) is 4.90 Å². The van der Waals surface area contributed by atoms with Crippen LogP contribution < -0.4 is 5.32 Å². The van der Waals surface area contributed by atoms with Crippen LogP contribution in [0.2, 0.25) is 0 Å². The van der Waals surface area contributed by atoms with E-state index in [9.17, 15) is 9.59 Å². The van der Waals surface area contributed by atoms with Gasteiger partial charge in [-0.15, -0.1) is 11.8 Å². The number of nitrogens with one attached hydrogen (secondary N) is 1.